The molecule has 2 aromatic heterocycles. The Morgan fingerprint density at radius 3 is 3.00 bits per heavy atom. The molecular formula is C10H16N6S. The van der Waals surface area contributed by atoms with Gasteiger partial charge in [0, 0.05) is 19.0 Å². The molecular weight excluding hydrogens is 236 g/mol. The third kappa shape index (κ3) is 2.67. The highest BCUT2D eigenvalue weighted by molar-refractivity contribution is 7.05. The van der Waals surface area contributed by atoms with E-state index in [2.05, 4.69) is 26.6 Å². The molecule has 2 rings (SSSR count). The molecule has 0 aromatic carbocycles. The SMILES string of the molecule is CCCn1ncnc1CC(N)c1snnc1C. The van der Waals surface area contributed by atoms with Crippen LogP contribution < -0.4 is 5.73 Å². The van der Waals surface area contributed by atoms with Gasteiger partial charge >= 0.3 is 0 Å². The lowest BCUT2D eigenvalue weighted by atomic mass is 10.1. The van der Waals surface area contributed by atoms with E-state index in [0.29, 0.717) is 6.42 Å². The second-order valence-electron chi connectivity index (χ2n) is 3.93. The van der Waals surface area contributed by atoms with Gasteiger partial charge in [0.25, 0.3) is 0 Å². The number of hydrogen-bond acceptors (Lipinski definition) is 6. The molecule has 0 bridgehead atoms. The van der Waals surface area contributed by atoms with Crippen molar-refractivity contribution in [2.45, 2.75) is 39.3 Å². The Labute approximate surface area is 104 Å². The highest BCUT2D eigenvalue weighted by atomic mass is 32.1. The summed E-state index contributed by atoms with van der Waals surface area (Å²) in [6.07, 6.45) is 3.28. The molecule has 0 aliphatic carbocycles. The topological polar surface area (TPSA) is 82.5 Å². The van der Waals surface area contributed by atoms with Crippen molar-refractivity contribution in [2.75, 3.05) is 0 Å². The lowest BCUT2D eigenvalue weighted by molar-refractivity contribution is 0.549. The standard InChI is InChI=1S/C10H16N6S/c1-3-4-16-9(12-6-13-16)5-8(11)10-7(2)14-15-17-10/h6,8H,3-5,11H2,1-2H3. The van der Waals surface area contributed by atoms with E-state index in [0.717, 1.165) is 29.4 Å². The second-order valence-corrected chi connectivity index (χ2v) is 4.72. The monoisotopic (exact) mass is 252 g/mol. The molecule has 0 saturated heterocycles. The van der Waals surface area contributed by atoms with Gasteiger partial charge in [-0.15, -0.1) is 5.10 Å². The number of aryl methyl sites for hydroxylation is 2. The van der Waals surface area contributed by atoms with E-state index >= 15 is 0 Å². The summed E-state index contributed by atoms with van der Waals surface area (Å²) in [5, 5.41) is 8.16. The van der Waals surface area contributed by atoms with Crippen molar-refractivity contribution in [3.05, 3.63) is 22.7 Å². The molecule has 92 valence electrons. The van der Waals surface area contributed by atoms with Gasteiger partial charge in [-0.05, 0) is 24.9 Å². The van der Waals surface area contributed by atoms with Crippen LogP contribution in [0.5, 0.6) is 0 Å². The number of nitrogens with two attached hydrogens (primary N) is 1. The first-order valence-corrected chi connectivity index (χ1v) is 6.40. The Bertz CT molecular complexity index is 477. The number of nitrogens with zero attached hydrogens (tertiary/aromatic N) is 5. The number of hydrogen-bond donors (Lipinski definition) is 1. The van der Waals surface area contributed by atoms with Crippen LogP contribution in [0.4, 0.5) is 0 Å². The molecule has 2 N–H and O–H groups in total. The van der Waals surface area contributed by atoms with E-state index in [4.69, 9.17) is 5.73 Å². The third-order valence-corrected chi connectivity index (χ3v) is 3.52. The fraction of sp³-hybridized carbons (Fsp3) is 0.600. The second kappa shape index (κ2) is 5.33. The van der Waals surface area contributed by atoms with Gasteiger partial charge in [-0.3, -0.25) is 4.68 Å². The van der Waals surface area contributed by atoms with Gasteiger partial charge in [0.2, 0.25) is 0 Å². The van der Waals surface area contributed by atoms with Gasteiger partial charge in [0.05, 0.1) is 10.6 Å². The van der Waals surface area contributed by atoms with Crippen LogP contribution in [-0.4, -0.2) is 24.4 Å². The summed E-state index contributed by atoms with van der Waals surface area (Å²) < 4.78 is 5.81. The molecule has 0 fully saturated rings. The van der Waals surface area contributed by atoms with Crippen LogP contribution in [0.1, 0.15) is 35.8 Å². The van der Waals surface area contributed by atoms with Crippen molar-refractivity contribution >= 4 is 11.5 Å². The molecule has 2 aromatic rings. The van der Waals surface area contributed by atoms with Crippen LogP contribution in [-0.2, 0) is 13.0 Å². The zero-order chi connectivity index (χ0) is 12.3. The van der Waals surface area contributed by atoms with E-state index in [1.54, 1.807) is 6.33 Å². The van der Waals surface area contributed by atoms with E-state index < -0.39 is 0 Å². The van der Waals surface area contributed by atoms with Gasteiger partial charge < -0.3 is 5.73 Å². The highest BCUT2D eigenvalue weighted by Gasteiger charge is 2.16. The molecule has 0 aliphatic rings. The summed E-state index contributed by atoms with van der Waals surface area (Å²) in [5.74, 6) is 0.923. The number of rotatable bonds is 5. The normalized spacial score (nSPS) is 12.9. The number of aromatic nitrogens is 5. The van der Waals surface area contributed by atoms with Gasteiger partial charge in [0.15, 0.2) is 0 Å². The minimum Gasteiger partial charge on any atom is -0.323 e. The lowest BCUT2D eigenvalue weighted by Crippen LogP contribution is -2.17. The molecule has 1 unspecified atom stereocenters. The van der Waals surface area contributed by atoms with E-state index in [1.165, 1.54) is 11.5 Å². The van der Waals surface area contributed by atoms with Crippen LogP contribution in [0.15, 0.2) is 6.33 Å². The van der Waals surface area contributed by atoms with E-state index in [1.807, 2.05) is 11.6 Å². The first-order valence-electron chi connectivity index (χ1n) is 5.63. The van der Waals surface area contributed by atoms with Crippen molar-refractivity contribution in [3.8, 4) is 0 Å². The van der Waals surface area contributed by atoms with Crippen molar-refractivity contribution in [3.63, 3.8) is 0 Å². The lowest BCUT2D eigenvalue weighted by Gasteiger charge is -2.10. The molecule has 0 amide bonds. The minimum atomic E-state index is -0.102. The van der Waals surface area contributed by atoms with Crippen molar-refractivity contribution in [1.82, 2.24) is 24.4 Å². The average Bonchev–Trinajstić information content (AvgIpc) is 2.89. The molecule has 0 aliphatic heterocycles. The molecule has 17 heavy (non-hydrogen) atoms. The zero-order valence-corrected chi connectivity index (χ0v) is 10.8. The van der Waals surface area contributed by atoms with E-state index in [9.17, 15) is 0 Å². The van der Waals surface area contributed by atoms with Crippen LogP contribution in [0.25, 0.3) is 0 Å². The van der Waals surface area contributed by atoms with E-state index in [-0.39, 0.29) is 6.04 Å². The van der Waals surface area contributed by atoms with Gasteiger partial charge in [-0.2, -0.15) is 5.10 Å². The summed E-state index contributed by atoms with van der Waals surface area (Å²) in [5.41, 5.74) is 7.05. The van der Waals surface area contributed by atoms with Gasteiger partial charge in [-0.25, -0.2) is 4.98 Å². The average molecular weight is 252 g/mol. The summed E-state index contributed by atoms with van der Waals surface area (Å²) in [7, 11) is 0. The minimum absolute atomic E-state index is 0.102. The van der Waals surface area contributed by atoms with Crippen molar-refractivity contribution < 1.29 is 0 Å². The summed E-state index contributed by atoms with van der Waals surface area (Å²) >= 11 is 1.36. The van der Waals surface area contributed by atoms with Crippen LogP contribution in [0, 0.1) is 6.92 Å². The zero-order valence-electron chi connectivity index (χ0n) is 10.00. The Hall–Kier alpha value is -1.34. The quantitative estimate of drug-likeness (QED) is 0.861. The first kappa shape index (κ1) is 12.1. The molecule has 1 atom stereocenters. The fourth-order valence-electron chi connectivity index (χ4n) is 1.71. The molecule has 7 heteroatoms. The van der Waals surface area contributed by atoms with Crippen LogP contribution in [0.3, 0.4) is 0 Å². The molecule has 6 nitrogen and oxygen atoms in total. The summed E-state index contributed by atoms with van der Waals surface area (Å²) in [4.78, 5) is 5.27. The molecule has 2 heterocycles. The smallest absolute Gasteiger partial charge is 0.138 e. The van der Waals surface area contributed by atoms with Crippen molar-refractivity contribution in [2.24, 2.45) is 5.73 Å². The Morgan fingerprint density at radius 1 is 1.53 bits per heavy atom. The largest absolute Gasteiger partial charge is 0.323 e. The summed E-state index contributed by atoms with van der Waals surface area (Å²) in [6.45, 7) is 4.92. The first-order chi connectivity index (χ1) is 8.22. The van der Waals surface area contributed by atoms with Crippen LogP contribution in [0.2, 0.25) is 0 Å². The third-order valence-electron chi connectivity index (χ3n) is 2.56. The molecule has 0 saturated carbocycles. The Balaban J connectivity index is 2.10. The Kier molecular flexibility index (Phi) is 3.80. The fourth-order valence-corrected chi connectivity index (χ4v) is 2.35. The maximum Gasteiger partial charge on any atom is 0.138 e. The maximum atomic E-state index is 6.15. The molecule has 0 spiro atoms. The maximum absolute atomic E-state index is 6.15. The predicted molar refractivity (Wildman–Crippen MR) is 65.6 cm³/mol. The van der Waals surface area contributed by atoms with Crippen LogP contribution >= 0.6 is 11.5 Å². The highest BCUT2D eigenvalue weighted by Crippen LogP contribution is 2.20. The van der Waals surface area contributed by atoms with Crippen molar-refractivity contribution in [1.29, 1.82) is 0 Å². The summed E-state index contributed by atoms with van der Waals surface area (Å²) in [6, 6.07) is -0.102. The van der Waals surface area contributed by atoms with Gasteiger partial charge in [-0.1, -0.05) is 11.4 Å². The van der Waals surface area contributed by atoms with Gasteiger partial charge in [0.1, 0.15) is 12.2 Å². The molecule has 0 radical (unpaired) electrons. The Morgan fingerprint density at radius 2 is 2.35 bits per heavy atom. The predicted octanol–water partition coefficient (Wildman–Crippen LogP) is 1.09.